The number of piperidine rings is 1. The van der Waals surface area contributed by atoms with E-state index in [9.17, 15) is 4.79 Å². The molecule has 1 aliphatic heterocycles. The molecule has 0 unspecified atom stereocenters. The summed E-state index contributed by atoms with van der Waals surface area (Å²) in [5.74, 6) is 0.0191. The van der Waals surface area contributed by atoms with E-state index in [1.165, 1.54) is 0 Å². The summed E-state index contributed by atoms with van der Waals surface area (Å²) in [5.41, 5.74) is 7.36. The average Bonchev–Trinajstić information content (AvgIpc) is 2.33. The van der Waals surface area contributed by atoms with Crippen LogP contribution in [0.25, 0.3) is 0 Å². The summed E-state index contributed by atoms with van der Waals surface area (Å²) in [7, 11) is 0. The summed E-state index contributed by atoms with van der Waals surface area (Å²) in [6.07, 6.45) is 1.74. The lowest BCUT2D eigenvalue weighted by molar-refractivity contribution is 0.0715. The number of carbonyl (C=O) groups excluding carboxylic acids is 1. The quantitative estimate of drug-likeness (QED) is 0.833. The standard InChI is InChI=1S/C13H17ClN2O/c1-9-3-2-4-11(12(9)14)13(17)16-7-5-10(15)6-8-16/h2-4,10H,5-8,15H2,1H3. The summed E-state index contributed by atoms with van der Waals surface area (Å²) in [5, 5.41) is 0.562. The fraction of sp³-hybridized carbons (Fsp3) is 0.462. The topological polar surface area (TPSA) is 46.3 Å². The summed E-state index contributed by atoms with van der Waals surface area (Å²) in [4.78, 5) is 14.1. The number of nitrogens with two attached hydrogens (primary N) is 1. The van der Waals surface area contributed by atoms with Gasteiger partial charge in [-0.15, -0.1) is 0 Å². The molecule has 1 aromatic rings. The number of hydrogen-bond acceptors (Lipinski definition) is 2. The second-order valence-electron chi connectivity index (χ2n) is 4.57. The first kappa shape index (κ1) is 12.4. The van der Waals surface area contributed by atoms with Crippen LogP contribution < -0.4 is 5.73 Å². The van der Waals surface area contributed by atoms with Gasteiger partial charge in [-0.2, -0.15) is 0 Å². The van der Waals surface area contributed by atoms with Gasteiger partial charge in [-0.05, 0) is 31.4 Å². The maximum absolute atomic E-state index is 12.3. The largest absolute Gasteiger partial charge is 0.338 e. The van der Waals surface area contributed by atoms with Crippen molar-refractivity contribution in [2.24, 2.45) is 5.73 Å². The zero-order valence-corrected chi connectivity index (χ0v) is 10.7. The molecule has 2 N–H and O–H groups in total. The molecular weight excluding hydrogens is 236 g/mol. The van der Waals surface area contributed by atoms with Gasteiger partial charge in [-0.1, -0.05) is 23.7 Å². The van der Waals surface area contributed by atoms with Crippen LogP contribution in [0.15, 0.2) is 18.2 Å². The Balaban J connectivity index is 2.17. The molecule has 0 atom stereocenters. The number of benzene rings is 1. The molecule has 1 fully saturated rings. The van der Waals surface area contributed by atoms with Crippen molar-refractivity contribution >= 4 is 17.5 Å². The number of amides is 1. The third-order valence-corrected chi connectivity index (χ3v) is 3.75. The Kier molecular flexibility index (Phi) is 3.69. The minimum Gasteiger partial charge on any atom is -0.338 e. The van der Waals surface area contributed by atoms with Gasteiger partial charge in [0.15, 0.2) is 0 Å². The summed E-state index contributed by atoms with van der Waals surface area (Å²) < 4.78 is 0. The molecule has 4 heteroatoms. The Morgan fingerprint density at radius 3 is 2.71 bits per heavy atom. The van der Waals surface area contributed by atoms with E-state index in [1.807, 2.05) is 24.0 Å². The number of halogens is 1. The Labute approximate surface area is 107 Å². The number of carbonyl (C=O) groups is 1. The lowest BCUT2D eigenvalue weighted by Crippen LogP contribution is -2.42. The van der Waals surface area contributed by atoms with Crippen LogP contribution in [0.4, 0.5) is 0 Å². The van der Waals surface area contributed by atoms with Gasteiger partial charge in [-0.3, -0.25) is 4.79 Å². The van der Waals surface area contributed by atoms with Gasteiger partial charge in [0.05, 0.1) is 10.6 Å². The number of likely N-dealkylation sites (tertiary alicyclic amines) is 1. The van der Waals surface area contributed by atoms with Gasteiger partial charge in [0.2, 0.25) is 0 Å². The van der Waals surface area contributed by atoms with Crippen molar-refractivity contribution in [2.75, 3.05) is 13.1 Å². The van der Waals surface area contributed by atoms with Crippen molar-refractivity contribution in [1.29, 1.82) is 0 Å². The van der Waals surface area contributed by atoms with E-state index in [0.29, 0.717) is 10.6 Å². The molecule has 0 saturated carbocycles. The molecule has 0 bridgehead atoms. The molecule has 0 aromatic heterocycles. The SMILES string of the molecule is Cc1cccc(C(=O)N2CCC(N)CC2)c1Cl. The maximum atomic E-state index is 12.3. The Morgan fingerprint density at radius 2 is 2.06 bits per heavy atom. The number of rotatable bonds is 1. The molecule has 17 heavy (non-hydrogen) atoms. The van der Waals surface area contributed by atoms with E-state index in [0.717, 1.165) is 31.5 Å². The van der Waals surface area contributed by atoms with Gasteiger partial charge >= 0.3 is 0 Å². The number of nitrogens with zero attached hydrogens (tertiary/aromatic N) is 1. The molecule has 0 spiro atoms. The monoisotopic (exact) mass is 252 g/mol. The van der Waals surface area contributed by atoms with Crippen molar-refractivity contribution in [3.63, 3.8) is 0 Å². The first-order valence-corrected chi connectivity index (χ1v) is 6.27. The third-order valence-electron chi connectivity index (χ3n) is 3.25. The highest BCUT2D eigenvalue weighted by atomic mass is 35.5. The smallest absolute Gasteiger partial charge is 0.255 e. The molecule has 0 aliphatic carbocycles. The van der Waals surface area contributed by atoms with Crippen LogP contribution in [0.5, 0.6) is 0 Å². The van der Waals surface area contributed by atoms with Gasteiger partial charge in [0.1, 0.15) is 0 Å². The minimum atomic E-state index is 0.0191. The van der Waals surface area contributed by atoms with E-state index in [2.05, 4.69) is 0 Å². The third kappa shape index (κ3) is 2.61. The number of aryl methyl sites for hydroxylation is 1. The summed E-state index contributed by atoms with van der Waals surface area (Å²) in [6.45, 7) is 3.36. The maximum Gasteiger partial charge on any atom is 0.255 e. The highest BCUT2D eigenvalue weighted by Gasteiger charge is 2.23. The molecule has 1 heterocycles. The highest BCUT2D eigenvalue weighted by Crippen LogP contribution is 2.23. The Morgan fingerprint density at radius 1 is 1.41 bits per heavy atom. The molecule has 2 rings (SSSR count). The molecule has 0 radical (unpaired) electrons. The van der Waals surface area contributed by atoms with Crippen molar-refractivity contribution in [3.05, 3.63) is 34.3 Å². The Bertz CT molecular complexity index is 425. The minimum absolute atomic E-state index is 0.0191. The van der Waals surface area contributed by atoms with Crippen molar-refractivity contribution in [1.82, 2.24) is 4.90 Å². The lowest BCUT2D eigenvalue weighted by atomic mass is 10.0. The van der Waals surface area contributed by atoms with Gasteiger partial charge < -0.3 is 10.6 Å². The van der Waals surface area contributed by atoms with Crippen LogP contribution >= 0.6 is 11.6 Å². The van der Waals surface area contributed by atoms with Crippen LogP contribution in [0, 0.1) is 6.92 Å². The predicted molar refractivity (Wildman–Crippen MR) is 69.3 cm³/mol. The molecular formula is C13H17ClN2O. The van der Waals surface area contributed by atoms with E-state index >= 15 is 0 Å². The number of hydrogen-bond donors (Lipinski definition) is 1. The average molecular weight is 253 g/mol. The summed E-state index contributed by atoms with van der Waals surface area (Å²) in [6, 6.07) is 5.79. The van der Waals surface area contributed by atoms with Crippen LogP contribution in [0.2, 0.25) is 5.02 Å². The van der Waals surface area contributed by atoms with Gasteiger partial charge in [0.25, 0.3) is 5.91 Å². The second-order valence-corrected chi connectivity index (χ2v) is 4.94. The Hall–Kier alpha value is -1.06. The van der Waals surface area contributed by atoms with Gasteiger partial charge in [0, 0.05) is 19.1 Å². The molecule has 1 saturated heterocycles. The van der Waals surface area contributed by atoms with Crippen molar-refractivity contribution < 1.29 is 4.79 Å². The highest BCUT2D eigenvalue weighted by molar-refractivity contribution is 6.34. The molecule has 1 aromatic carbocycles. The molecule has 1 aliphatic rings. The fourth-order valence-corrected chi connectivity index (χ4v) is 2.29. The molecule has 3 nitrogen and oxygen atoms in total. The van der Waals surface area contributed by atoms with Crippen molar-refractivity contribution in [2.45, 2.75) is 25.8 Å². The first-order chi connectivity index (χ1) is 8.09. The van der Waals surface area contributed by atoms with Crippen LogP contribution in [-0.4, -0.2) is 29.9 Å². The van der Waals surface area contributed by atoms with E-state index in [4.69, 9.17) is 17.3 Å². The van der Waals surface area contributed by atoms with E-state index < -0.39 is 0 Å². The lowest BCUT2D eigenvalue weighted by Gasteiger charge is -2.30. The zero-order valence-electron chi connectivity index (χ0n) is 9.95. The predicted octanol–water partition coefficient (Wildman–Crippen LogP) is 2.21. The second kappa shape index (κ2) is 5.07. The van der Waals surface area contributed by atoms with Crippen LogP contribution in [0.1, 0.15) is 28.8 Å². The normalized spacial score (nSPS) is 17.2. The molecule has 92 valence electrons. The first-order valence-electron chi connectivity index (χ1n) is 5.89. The fourth-order valence-electron chi connectivity index (χ4n) is 2.09. The summed E-state index contributed by atoms with van der Waals surface area (Å²) >= 11 is 6.16. The van der Waals surface area contributed by atoms with Crippen LogP contribution in [-0.2, 0) is 0 Å². The van der Waals surface area contributed by atoms with E-state index in [1.54, 1.807) is 6.07 Å². The van der Waals surface area contributed by atoms with Crippen LogP contribution in [0.3, 0.4) is 0 Å². The van der Waals surface area contributed by atoms with Gasteiger partial charge in [-0.25, -0.2) is 0 Å². The molecule has 1 amide bonds. The van der Waals surface area contributed by atoms with Crippen molar-refractivity contribution in [3.8, 4) is 0 Å². The zero-order chi connectivity index (χ0) is 12.4. The van der Waals surface area contributed by atoms with E-state index in [-0.39, 0.29) is 11.9 Å².